The summed E-state index contributed by atoms with van der Waals surface area (Å²) in [6.45, 7) is 0.702. The molecule has 3 N–H and O–H groups in total. The van der Waals surface area contributed by atoms with Gasteiger partial charge in [-0.25, -0.2) is 0 Å². The smallest absolute Gasteiger partial charge is 0.251 e. The van der Waals surface area contributed by atoms with Crippen molar-refractivity contribution in [1.82, 2.24) is 10.2 Å². The normalized spacial score (nSPS) is 17.1. The monoisotopic (exact) mass is 311 g/mol. The molecule has 1 amide bonds. The number of rotatable bonds is 4. The highest BCUT2D eigenvalue weighted by molar-refractivity contribution is 5.95. The van der Waals surface area contributed by atoms with E-state index in [0.29, 0.717) is 17.8 Å². The lowest BCUT2D eigenvalue weighted by molar-refractivity contribution is 0.0799. The van der Waals surface area contributed by atoms with Crippen molar-refractivity contribution in [2.45, 2.75) is 37.6 Å². The Morgan fingerprint density at radius 2 is 1.95 bits per heavy atom. The van der Waals surface area contributed by atoms with Gasteiger partial charge in [-0.15, -0.1) is 12.4 Å². The van der Waals surface area contributed by atoms with Crippen LogP contribution in [0.1, 0.15) is 42.5 Å². The standard InChI is InChI=1S/C16H25N3O.ClH/c1-19(2)16(9-4-3-5-10-16)12-18-15(20)13-7-6-8-14(17)11-13;/h6-8,11H,3-5,9-10,12,17H2,1-2H3,(H,18,20);1H. The van der Waals surface area contributed by atoms with Gasteiger partial charge in [-0.3, -0.25) is 4.79 Å². The Bertz CT molecular complexity index is 470. The van der Waals surface area contributed by atoms with Crippen molar-refractivity contribution in [3.8, 4) is 0 Å². The van der Waals surface area contributed by atoms with Gasteiger partial charge in [0.1, 0.15) is 0 Å². The van der Waals surface area contributed by atoms with Crippen molar-refractivity contribution < 1.29 is 4.79 Å². The first-order valence-electron chi connectivity index (χ1n) is 7.35. The van der Waals surface area contributed by atoms with Crippen LogP contribution < -0.4 is 11.1 Å². The predicted molar refractivity (Wildman–Crippen MR) is 89.9 cm³/mol. The van der Waals surface area contributed by atoms with Gasteiger partial charge >= 0.3 is 0 Å². The van der Waals surface area contributed by atoms with Crippen LogP contribution in [-0.4, -0.2) is 37.0 Å². The molecule has 1 aliphatic rings. The predicted octanol–water partition coefficient (Wildman–Crippen LogP) is 2.68. The van der Waals surface area contributed by atoms with Crippen LogP contribution in [0.4, 0.5) is 5.69 Å². The maximum Gasteiger partial charge on any atom is 0.251 e. The van der Waals surface area contributed by atoms with E-state index < -0.39 is 0 Å². The molecule has 1 aliphatic carbocycles. The summed E-state index contributed by atoms with van der Waals surface area (Å²) in [5.41, 5.74) is 7.08. The summed E-state index contributed by atoms with van der Waals surface area (Å²) in [4.78, 5) is 14.5. The molecule has 1 aromatic rings. The van der Waals surface area contributed by atoms with Gasteiger partial charge in [-0.05, 0) is 45.1 Å². The highest BCUT2D eigenvalue weighted by Gasteiger charge is 2.34. The van der Waals surface area contributed by atoms with E-state index in [-0.39, 0.29) is 23.9 Å². The van der Waals surface area contributed by atoms with Crippen LogP contribution in [0.25, 0.3) is 0 Å². The Morgan fingerprint density at radius 1 is 1.29 bits per heavy atom. The molecule has 0 atom stereocenters. The Hall–Kier alpha value is -1.26. The molecule has 0 spiro atoms. The number of nitrogens with zero attached hydrogens (tertiary/aromatic N) is 1. The summed E-state index contributed by atoms with van der Waals surface area (Å²) in [6, 6.07) is 7.12. The van der Waals surface area contributed by atoms with E-state index in [9.17, 15) is 4.79 Å². The molecule has 0 unspecified atom stereocenters. The van der Waals surface area contributed by atoms with Crippen molar-refractivity contribution in [2.24, 2.45) is 0 Å². The zero-order chi connectivity index (χ0) is 14.6. The average molecular weight is 312 g/mol. The van der Waals surface area contributed by atoms with Gasteiger partial charge in [0.15, 0.2) is 0 Å². The number of amides is 1. The molecule has 2 rings (SSSR count). The second kappa shape index (κ2) is 7.66. The summed E-state index contributed by atoms with van der Waals surface area (Å²) in [5.74, 6) is -0.0379. The number of carbonyl (C=O) groups is 1. The molecule has 1 fully saturated rings. The van der Waals surface area contributed by atoms with Crippen molar-refractivity contribution >= 4 is 24.0 Å². The van der Waals surface area contributed by atoms with Crippen LogP contribution >= 0.6 is 12.4 Å². The molecule has 0 aliphatic heterocycles. The molecular weight excluding hydrogens is 286 g/mol. The fourth-order valence-corrected chi connectivity index (χ4v) is 3.02. The van der Waals surface area contributed by atoms with Gasteiger partial charge in [0.05, 0.1) is 0 Å². The van der Waals surface area contributed by atoms with Crippen molar-refractivity contribution in [2.75, 3.05) is 26.4 Å². The zero-order valence-electron chi connectivity index (χ0n) is 12.9. The molecule has 0 radical (unpaired) electrons. The first-order valence-corrected chi connectivity index (χ1v) is 7.35. The van der Waals surface area contributed by atoms with Gasteiger partial charge in [0, 0.05) is 23.3 Å². The minimum atomic E-state index is -0.0379. The number of hydrogen-bond acceptors (Lipinski definition) is 3. The van der Waals surface area contributed by atoms with Crippen molar-refractivity contribution in [3.63, 3.8) is 0 Å². The quantitative estimate of drug-likeness (QED) is 0.841. The molecule has 5 heteroatoms. The maximum atomic E-state index is 12.2. The minimum Gasteiger partial charge on any atom is -0.399 e. The topological polar surface area (TPSA) is 58.4 Å². The average Bonchev–Trinajstić information content (AvgIpc) is 2.45. The highest BCUT2D eigenvalue weighted by atomic mass is 35.5. The van der Waals surface area contributed by atoms with Gasteiger partial charge in [0.2, 0.25) is 0 Å². The van der Waals surface area contributed by atoms with Crippen LogP contribution in [0.15, 0.2) is 24.3 Å². The second-order valence-electron chi connectivity index (χ2n) is 5.99. The van der Waals surface area contributed by atoms with Gasteiger partial charge in [0.25, 0.3) is 5.91 Å². The lowest BCUT2D eigenvalue weighted by Gasteiger charge is -2.43. The second-order valence-corrected chi connectivity index (χ2v) is 5.99. The molecule has 21 heavy (non-hydrogen) atoms. The molecule has 1 aromatic carbocycles. The van der Waals surface area contributed by atoms with Crippen molar-refractivity contribution in [3.05, 3.63) is 29.8 Å². The number of anilines is 1. The zero-order valence-corrected chi connectivity index (χ0v) is 13.7. The van der Waals surface area contributed by atoms with E-state index >= 15 is 0 Å². The number of hydrogen-bond donors (Lipinski definition) is 2. The highest BCUT2D eigenvalue weighted by Crippen LogP contribution is 2.31. The Morgan fingerprint density at radius 3 is 2.52 bits per heavy atom. The summed E-state index contributed by atoms with van der Waals surface area (Å²) in [5, 5.41) is 3.08. The molecule has 0 saturated heterocycles. The van der Waals surface area contributed by atoms with E-state index in [1.807, 2.05) is 6.07 Å². The molecule has 4 nitrogen and oxygen atoms in total. The van der Waals surface area contributed by atoms with Gasteiger partial charge < -0.3 is 16.0 Å². The van der Waals surface area contributed by atoms with E-state index in [4.69, 9.17) is 5.73 Å². The third-order valence-electron chi connectivity index (χ3n) is 4.46. The molecule has 118 valence electrons. The Labute approximate surface area is 133 Å². The molecule has 0 heterocycles. The van der Waals surface area contributed by atoms with Crippen molar-refractivity contribution in [1.29, 1.82) is 0 Å². The fraction of sp³-hybridized carbons (Fsp3) is 0.562. The first kappa shape index (κ1) is 17.8. The third-order valence-corrected chi connectivity index (χ3v) is 4.46. The van der Waals surface area contributed by atoms with E-state index in [1.165, 1.54) is 19.3 Å². The first-order chi connectivity index (χ1) is 9.53. The summed E-state index contributed by atoms with van der Waals surface area (Å²) in [6.07, 6.45) is 6.09. The largest absolute Gasteiger partial charge is 0.399 e. The van der Waals surface area contributed by atoms with Gasteiger partial charge in [-0.2, -0.15) is 0 Å². The Kier molecular flexibility index (Phi) is 6.49. The van der Waals surface area contributed by atoms with Crippen LogP contribution in [0, 0.1) is 0 Å². The number of nitrogen functional groups attached to an aromatic ring is 1. The molecule has 0 bridgehead atoms. The molecule has 0 aromatic heterocycles. The number of halogens is 1. The minimum absolute atomic E-state index is 0. The van der Waals surface area contributed by atoms with Crippen LogP contribution in [0.5, 0.6) is 0 Å². The SMILES string of the molecule is CN(C)C1(CNC(=O)c2cccc(N)c2)CCCCC1.Cl. The van der Waals surface area contributed by atoms with Gasteiger partial charge in [-0.1, -0.05) is 25.3 Å². The number of carbonyl (C=O) groups excluding carboxylic acids is 1. The molecular formula is C16H26ClN3O. The van der Waals surface area contributed by atoms with E-state index in [0.717, 1.165) is 12.8 Å². The third kappa shape index (κ3) is 4.35. The summed E-state index contributed by atoms with van der Waals surface area (Å²) < 4.78 is 0. The molecule has 1 saturated carbocycles. The van der Waals surface area contributed by atoms with E-state index in [2.05, 4.69) is 24.3 Å². The lowest BCUT2D eigenvalue weighted by Crippen LogP contribution is -2.53. The lowest BCUT2D eigenvalue weighted by atomic mass is 9.80. The van der Waals surface area contributed by atoms with E-state index in [1.54, 1.807) is 18.2 Å². The number of likely N-dealkylation sites (N-methyl/N-ethyl adjacent to an activating group) is 1. The van der Waals surface area contributed by atoms with Crippen LogP contribution in [0.3, 0.4) is 0 Å². The number of nitrogens with two attached hydrogens (primary N) is 1. The number of benzene rings is 1. The number of nitrogens with one attached hydrogen (secondary N) is 1. The Balaban J connectivity index is 0.00000220. The summed E-state index contributed by atoms with van der Waals surface area (Å²) >= 11 is 0. The van der Waals surface area contributed by atoms with Crippen LogP contribution in [0.2, 0.25) is 0 Å². The van der Waals surface area contributed by atoms with Crippen LogP contribution in [-0.2, 0) is 0 Å². The maximum absolute atomic E-state index is 12.2. The summed E-state index contributed by atoms with van der Waals surface area (Å²) in [7, 11) is 4.22. The fourth-order valence-electron chi connectivity index (χ4n) is 3.02.